The predicted molar refractivity (Wildman–Crippen MR) is 120 cm³/mol. The van der Waals surface area contributed by atoms with Gasteiger partial charge in [0.15, 0.2) is 0 Å². The van der Waals surface area contributed by atoms with Gasteiger partial charge in [0.2, 0.25) is 5.95 Å². The Morgan fingerprint density at radius 3 is 2.14 bits per heavy atom. The molecule has 0 saturated carbocycles. The maximum Gasteiger partial charge on any atom is 0.225 e. The summed E-state index contributed by atoms with van der Waals surface area (Å²) >= 11 is -1.25. The SMILES string of the molecule is CC(N[S+]([O-])C(C)(C)C)(c1ccc(P)cc1)c1cnc(N2CCNCC2)nc1. The molecule has 1 aliphatic rings. The van der Waals surface area contributed by atoms with E-state index < -0.39 is 16.9 Å². The number of piperazine rings is 1. The van der Waals surface area contributed by atoms with Crippen molar-refractivity contribution >= 4 is 31.9 Å². The van der Waals surface area contributed by atoms with Gasteiger partial charge in [0.25, 0.3) is 0 Å². The molecule has 3 unspecified atom stereocenters. The van der Waals surface area contributed by atoms with E-state index in [-0.39, 0.29) is 4.75 Å². The predicted octanol–water partition coefficient (Wildman–Crippen LogP) is 1.70. The minimum Gasteiger partial charge on any atom is -0.598 e. The lowest BCUT2D eigenvalue weighted by molar-refractivity contribution is 0.479. The molecule has 3 rings (SSSR count). The molecule has 1 aromatic heterocycles. The van der Waals surface area contributed by atoms with E-state index in [1.165, 1.54) is 0 Å². The van der Waals surface area contributed by atoms with E-state index >= 15 is 0 Å². The second-order valence-electron chi connectivity index (χ2n) is 8.24. The summed E-state index contributed by atoms with van der Waals surface area (Å²) in [4.78, 5) is 11.4. The van der Waals surface area contributed by atoms with E-state index in [0.29, 0.717) is 0 Å². The van der Waals surface area contributed by atoms with Crippen LogP contribution in [0, 0.1) is 0 Å². The van der Waals surface area contributed by atoms with Crippen molar-refractivity contribution in [2.75, 3.05) is 31.1 Å². The molecule has 0 amide bonds. The molecule has 3 atom stereocenters. The molecular weight excluding hydrogens is 389 g/mol. The fraction of sp³-hybridized carbons (Fsp3) is 0.500. The van der Waals surface area contributed by atoms with E-state index in [9.17, 15) is 4.55 Å². The molecule has 152 valence electrons. The van der Waals surface area contributed by atoms with Crippen molar-refractivity contribution in [3.63, 3.8) is 0 Å². The van der Waals surface area contributed by atoms with Crippen molar-refractivity contribution in [2.45, 2.75) is 38.0 Å². The summed E-state index contributed by atoms with van der Waals surface area (Å²) in [6.45, 7) is 11.6. The van der Waals surface area contributed by atoms with E-state index in [1.54, 1.807) is 0 Å². The molecule has 1 fully saturated rings. The van der Waals surface area contributed by atoms with Gasteiger partial charge in [0, 0.05) is 55.5 Å². The molecule has 0 radical (unpaired) electrons. The number of hydrogen-bond acceptors (Lipinski definition) is 6. The van der Waals surface area contributed by atoms with Gasteiger partial charge in [-0.3, -0.25) is 0 Å². The Bertz CT molecular complexity index is 775. The number of nitrogens with zero attached hydrogens (tertiary/aromatic N) is 3. The average Bonchev–Trinajstić information content (AvgIpc) is 2.68. The summed E-state index contributed by atoms with van der Waals surface area (Å²) in [6.07, 6.45) is 3.71. The van der Waals surface area contributed by atoms with Crippen LogP contribution in [0.2, 0.25) is 0 Å². The van der Waals surface area contributed by atoms with Gasteiger partial charge < -0.3 is 14.8 Å². The van der Waals surface area contributed by atoms with E-state index in [2.05, 4.69) is 46.3 Å². The molecular formula is C20H30N5OPS. The zero-order valence-corrected chi connectivity index (χ0v) is 19.0. The van der Waals surface area contributed by atoms with Crippen LogP contribution in [0.5, 0.6) is 0 Å². The number of aromatic nitrogens is 2. The van der Waals surface area contributed by atoms with Crippen LogP contribution in [0.25, 0.3) is 0 Å². The van der Waals surface area contributed by atoms with Gasteiger partial charge in [-0.1, -0.05) is 24.3 Å². The van der Waals surface area contributed by atoms with Crippen LogP contribution in [0.4, 0.5) is 5.95 Å². The molecule has 1 saturated heterocycles. The lowest BCUT2D eigenvalue weighted by Crippen LogP contribution is -2.50. The fourth-order valence-electron chi connectivity index (χ4n) is 3.05. The van der Waals surface area contributed by atoms with Crippen molar-refractivity contribution in [1.82, 2.24) is 20.0 Å². The maximum atomic E-state index is 12.9. The number of rotatable bonds is 5. The molecule has 0 aliphatic carbocycles. The van der Waals surface area contributed by atoms with Gasteiger partial charge >= 0.3 is 0 Å². The highest BCUT2D eigenvalue weighted by Gasteiger charge is 2.39. The van der Waals surface area contributed by atoms with Crippen molar-refractivity contribution in [2.24, 2.45) is 0 Å². The lowest BCUT2D eigenvalue weighted by Gasteiger charge is -2.35. The van der Waals surface area contributed by atoms with E-state index in [4.69, 9.17) is 0 Å². The summed E-state index contributed by atoms with van der Waals surface area (Å²) in [5.41, 5.74) is 1.24. The Labute approximate surface area is 173 Å². The average molecular weight is 420 g/mol. The fourth-order valence-corrected chi connectivity index (χ4v) is 4.15. The topological polar surface area (TPSA) is 76.1 Å². The molecule has 2 heterocycles. The summed E-state index contributed by atoms with van der Waals surface area (Å²) < 4.78 is 15.9. The molecule has 0 spiro atoms. The summed E-state index contributed by atoms with van der Waals surface area (Å²) in [6, 6.07) is 8.19. The van der Waals surface area contributed by atoms with Crippen molar-refractivity contribution in [3.05, 3.63) is 47.8 Å². The van der Waals surface area contributed by atoms with Crippen LogP contribution in [-0.2, 0) is 16.9 Å². The van der Waals surface area contributed by atoms with Crippen molar-refractivity contribution in [1.29, 1.82) is 0 Å². The zero-order valence-electron chi connectivity index (χ0n) is 17.0. The largest absolute Gasteiger partial charge is 0.598 e. The summed E-state index contributed by atoms with van der Waals surface area (Å²) in [7, 11) is 2.70. The number of hydrogen-bond donors (Lipinski definition) is 2. The smallest absolute Gasteiger partial charge is 0.225 e. The molecule has 1 aromatic carbocycles. The highest BCUT2D eigenvalue weighted by atomic mass is 32.2. The van der Waals surface area contributed by atoms with Gasteiger partial charge in [-0.05, 0) is 38.6 Å². The third-order valence-corrected chi connectivity index (χ3v) is 7.05. The van der Waals surface area contributed by atoms with Gasteiger partial charge in [-0.15, -0.1) is 14.0 Å². The number of benzene rings is 1. The Hall–Kier alpha value is -1.24. The van der Waals surface area contributed by atoms with Crippen molar-refractivity contribution < 1.29 is 4.55 Å². The zero-order chi connectivity index (χ0) is 20.4. The monoisotopic (exact) mass is 419 g/mol. The minimum absolute atomic E-state index is 0.386. The van der Waals surface area contributed by atoms with Crippen LogP contribution in [-0.4, -0.2) is 45.4 Å². The highest BCUT2D eigenvalue weighted by Crippen LogP contribution is 2.31. The first-order valence-electron chi connectivity index (χ1n) is 9.54. The number of anilines is 1. The molecule has 8 heteroatoms. The Morgan fingerprint density at radius 2 is 1.61 bits per heavy atom. The second kappa shape index (κ2) is 8.64. The quantitative estimate of drug-likeness (QED) is 0.568. The van der Waals surface area contributed by atoms with Crippen molar-refractivity contribution in [3.8, 4) is 0 Å². The summed E-state index contributed by atoms with van der Waals surface area (Å²) in [5, 5.41) is 4.44. The summed E-state index contributed by atoms with van der Waals surface area (Å²) in [5.74, 6) is 0.741. The first-order valence-corrected chi connectivity index (χ1v) is 11.3. The lowest BCUT2D eigenvalue weighted by atomic mass is 9.87. The van der Waals surface area contributed by atoms with Gasteiger partial charge in [0.05, 0.1) is 0 Å². The standard InChI is InChI=1S/C20H30N5OPS/c1-19(2,3)28(26)24-20(4,15-5-7-17(27)8-6-15)16-13-22-18(23-14-16)25-11-9-21-10-12-25/h5-8,13-14,21,24H,9-12,27H2,1-4H3. The molecule has 0 bridgehead atoms. The third-order valence-electron chi connectivity index (χ3n) is 4.96. The van der Waals surface area contributed by atoms with Crippen LogP contribution < -0.4 is 20.2 Å². The van der Waals surface area contributed by atoms with Crippen LogP contribution >= 0.6 is 9.24 Å². The van der Waals surface area contributed by atoms with Crippen LogP contribution in [0.1, 0.15) is 38.8 Å². The number of nitrogens with one attached hydrogen (secondary N) is 2. The van der Waals surface area contributed by atoms with E-state index in [0.717, 1.165) is 48.6 Å². The molecule has 1 aliphatic heterocycles. The molecule has 2 N–H and O–H groups in total. The maximum absolute atomic E-state index is 12.9. The van der Waals surface area contributed by atoms with Gasteiger partial charge in [-0.2, -0.15) is 0 Å². The van der Waals surface area contributed by atoms with Gasteiger partial charge in [0.1, 0.15) is 10.3 Å². The first kappa shape index (κ1) is 21.5. The highest BCUT2D eigenvalue weighted by molar-refractivity contribution is 7.90. The van der Waals surface area contributed by atoms with Crippen LogP contribution in [0.15, 0.2) is 36.7 Å². The first-order chi connectivity index (χ1) is 13.2. The molecule has 6 nitrogen and oxygen atoms in total. The Balaban J connectivity index is 1.94. The van der Waals surface area contributed by atoms with Gasteiger partial charge in [-0.25, -0.2) is 9.97 Å². The normalized spacial score (nSPS) is 18.6. The Morgan fingerprint density at radius 1 is 1.04 bits per heavy atom. The second-order valence-corrected chi connectivity index (χ2v) is 10.9. The molecule has 28 heavy (non-hydrogen) atoms. The third kappa shape index (κ3) is 4.84. The van der Waals surface area contributed by atoms with E-state index in [1.807, 2.05) is 52.2 Å². The Kier molecular flexibility index (Phi) is 6.62. The van der Waals surface area contributed by atoms with Crippen LogP contribution in [0.3, 0.4) is 0 Å². The molecule has 2 aromatic rings. The minimum atomic E-state index is -1.25.